The van der Waals surface area contributed by atoms with Gasteiger partial charge in [0.25, 0.3) is 5.91 Å². The monoisotopic (exact) mass is 211 g/mol. The van der Waals surface area contributed by atoms with Crippen LogP contribution in [0.25, 0.3) is 0 Å². The summed E-state index contributed by atoms with van der Waals surface area (Å²) < 4.78 is 0. The van der Waals surface area contributed by atoms with Crippen molar-refractivity contribution in [3.05, 3.63) is 11.6 Å². The van der Waals surface area contributed by atoms with Gasteiger partial charge < -0.3 is 10.6 Å². The Kier molecular flexibility index (Phi) is 3.78. The van der Waals surface area contributed by atoms with Crippen molar-refractivity contribution in [2.75, 3.05) is 13.1 Å². The summed E-state index contributed by atoms with van der Waals surface area (Å²) in [7, 11) is 0. The standard InChI is InChI=1S/C8H13N5O2/c1-3-9-6(14)4-10-8(15)7-11-5(2)12-13-7/h3-4H2,1-2H3,(H,9,14)(H,10,15)(H,11,12,13). The maximum atomic E-state index is 11.3. The highest BCUT2D eigenvalue weighted by molar-refractivity contribution is 5.93. The molecule has 82 valence electrons. The van der Waals surface area contributed by atoms with Crippen LogP contribution in [0.1, 0.15) is 23.4 Å². The summed E-state index contributed by atoms with van der Waals surface area (Å²) in [6.07, 6.45) is 0. The van der Waals surface area contributed by atoms with E-state index in [4.69, 9.17) is 0 Å². The van der Waals surface area contributed by atoms with Gasteiger partial charge in [0, 0.05) is 6.54 Å². The van der Waals surface area contributed by atoms with Crippen molar-refractivity contribution in [3.8, 4) is 0 Å². The van der Waals surface area contributed by atoms with Crippen molar-refractivity contribution in [2.45, 2.75) is 13.8 Å². The number of H-pyrrole nitrogens is 1. The number of hydrogen-bond donors (Lipinski definition) is 3. The number of nitrogens with zero attached hydrogens (tertiary/aromatic N) is 2. The van der Waals surface area contributed by atoms with Gasteiger partial charge in [0.2, 0.25) is 11.7 Å². The molecule has 0 saturated heterocycles. The minimum absolute atomic E-state index is 0.0387. The van der Waals surface area contributed by atoms with E-state index in [1.165, 1.54) is 0 Å². The first-order chi connectivity index (χ1) is 7.13. The van der Waals surface area contributed by atoms with Gasteiger partial charge in [0.05, 0.1) is 6.54 Å². The first-order valence-corrected chi connectivity index (χ1v) is 4.57. The predicted molar refractivity (Wildman–Crippen MR) is 52.1 cm³/mol. The summed E-state index contributed by atoms with van der Waals surface area (Å²) >= 11 is 0. The van der Waals surface area contributed by atoms with Gasteiger partial charge >= 0.3 is 0 Å². The zero-order chi connectivity index (χ0) is 11.3. The van der Waals surface area contributed by atoms with E-state index in [1.807, 2.05) is 0 Å². The van der Waals surface area contributed by atoms with Crippen LogP contribution in [0.3, 0.4) is 0 Å². The van der Waals surface area contributed by atoms with Crippen LogP contribution in [0, 0.1) is 6.92 Å². The quantitative estimate of drug-likeness (QED) is 0.593. The molecule has 2 amide bonds. The van der Waals surface area contributed by atoms with E-state index in [0.29, 0.717) is 12.4 Å². The molecule has 1 heterocycles. The van der Waals surface area contributed by atoms with E-state index >= 15 is 0 Å². The lowest BCUT2D eigenvalue weighted by Gasteiger charge is -2.02. The highest BCUT2D eigenvalue weighted by atomic mass is 16.2. The van der Waals surface area contributed by atoms with E-state index in [9.17, 15) is 9.59 Å². The lowest BCUT2D eigenvalue weighted by molar-refractivity contribution is -0.120. The van der Waals surface area contributed by atoms with Gasteiger partial charge in [-0.15, -0.1) is 5.10 Å². The zero-order valence-corrected chi connectivity index (χ0v) is 8.63. The molecule has 0 aliphatic rings. The van der Waals surface area contributed by atoms with Gasteiger partial charge in [-0.05, 0) is 13.8 Å². The Morgan fingerprint density at radius 2 is 2.13 bits per heavy atom. The number of hydrogen-bond acceptors (Lipinski definition) is 4. The van der Waals surface area contributed by atoms with Crippen LogP contribution in [0.2, 0.25) is 0 Å². The van der Waals surface area contributed by atoms with E-state index in [-0.39, 0.29) is 18.3 Å². The second kappa shape index (κ2) is 5.08. The predicted octanol–water partition coefficient (Wildman–Crippen LogP) is -1.02. The molecule has 1 rings (SSSR count). The highest BCUT2D eigenvalue weighted by Crippen LogP contribution is 1.89. The number of likely N-dealkylation sites (N-methyl/N-ethyl adjacent to an activating group) is 1. The molecule has 0 bridgehead atoms. The SMILES string of the molecule is CCNC(=O)CNC(=O)c1n[nH]c(C)n1. The van der Waals surface area contributed by atoms with Gasteiger partial charge in [0.1, 0.15) is 5.82 Å². The Labute approximate surface area is 86.7 Å². The number of rotatable bonds is 4. The summed E-state index contributed by atoms with van der Waals surface area (Å²) in [5.74, 6) is -0.112. The van der Waals surface area contributed by atoms with Crippen LogP contribution in [-0.4, -0.2) is 40.1 Å². The average Bonchev–Trinajstić information content (AvgIpc) is 2.62. The number of carbonyl (C=O) groups excluding carboxylic acids is 2. The molecule has 0 saturated carbocycles. The smallest absolute Gasteiger partial charge is 0.291 e. The molecular weight excluding hydrogens is 198 g/mol. The van der Waals surface area contributed by atoms with Crippen molar-refractivity contribution in [1.29, 1.82) is 0 Å². The molecule has 15 heavy (non-hydrogen) atoms. The van der Waals surface area contributed by atoms with Gasteiger partial charge in [-0.1, -0.05) is 0 Å². The molecular formula is C8H13N5O2. The maximum absolute atomic E-state index is 11.3. The molecule has 0 unspecified atom stereocenters. The van der Waals surface area contributed by atoms with Crippen molar-refractivity contribution in [3.63, 3.8) is 0 Å². The Morgan fingerprint density at radius 1 is 1.40 bits per heavy atom. The molecule has 7 heteroatoms. The second-order valence-electron chi connectivity index (χ2n) is 2.88. The Balaban J connectivity index is 2.40. The molecule has 0 atom stereocenters. The molecule has 0 aliphatic heterocycles. The number of amides is 2. The lowest BCUT2D eigenvalue weighted by Crippen LogP contribution is -2.37. The normalized spacial score (nSPS) is 9.73. The Hall–Kier alpha value is -1.92. The number of aromatic amines is 1. The molecule has 3 N–H and O–H groups in total. The second-order valence-corrected chi connectivity index (χ2v) is 2.88. The highest BCUT2D eigenvalue weighted by Gasteiger charge is 2.11. The molecule has 0 aromatic carbocycles. The van der Waals surface area contributed by atoms with Crippen LogP contribution in [0.15, 0.2) is 0 Å². The fourth-order valence-corrected chi connectivity index (χ4v) is 0.944. The van der Waals surface area contributed by atoms with Crippen LogP contribution >= 0.6 is 0 Å². The lowest BCUT2D eigenvalue weighted by atomic mass is 10.5. The van der Waals surface area contributed by atoms with Crippen molar-refractivity contribution >= 4 is 11.8 Å². The molecule has 7 nitrogen and oxygen atoms in total. The largest absolute Gasteiger partial charge is 0.355 e. The van der Waals surface area contributed by atoms with Gasteiger partial charge in [-0.2, -0.15) is 0 Å². The summed E-state index contributed by atoms with van der Waals surface area (Å²) in [6, 6.07) is 0. The van der Waals surface area contributed by atoms with Crippen molar-refractivity contribution in [1.82, 2.24) is 25.8 Å². The third-order valence-electron chi connectivity index (χ3n) is 1.58. The van der Waals surface area contributed by atoms with E-state index in [2.05, 4.69) is 25.8 Å². The van der Waals surface area contributed by atoms with E-state index < -0.39 is 5.91 Å². The van der Waals surface area contributed by atoms with Crippen LogP contribution in [0.5, 0.6) is 0 Å². The molecule has 0 spiro atoms. The van der Waals surface area contributed by atoms with Crippen LogP contribution in [-0.2, 0) is 4.79 Å². The minimum Gasteiger partial charge on any atom is -0.355 e. The number of carbonyl (C=O) groups is 2. The zero-order valence-electron chi connectivity index (χ0n) is 8.63. The third kappa shape index (κ3) is 3.37. The number of nitrogens with one attached hydrogen (secondary N) is 3. The van der Waals surface area contributed by atoms with Gasteiger partial charge in [-0.25, -0.2) is 4.98 Å². The summed E-state index contributed by atoms with van der Waals surface area (Å²) in [4.78, 5) is 26.2. The van der Waals surface area contributed by atoms with Crippen molar-refractivity contribution < 1.29 is 9.59 Å². The molecule has 0 fully saturated rings. The first-order valence-electron chi connectivity index (χ1n) is 4.57. The third-order valence-corrected chi connectivity index (χ3v) is 1.58. The summed E-state index contributed by atoms with van der Waals surface area (Å²) in [6.45, 7) is 3.96. The fraction of sp³-hybridized carbons (Fsp3) is 0.500. The summed E-state index contributed by atoms with van der Waals surface area (Å²) in [5.41, 5.74) is 0. The Bertz CT molecular complexity index is 360. The fourth-order valence-electron chi connectivity index (χ4n) is 0.944. The summed E-state index contributed by atoms with van der Waals surface area (Å²) in [5, 5.41) is 11.2. The maximum Gasteiger partial charge on any atom is 0.291 e. The number of aryl methyl sites for hydroxylation is 1. The molecule has 0 radical (unpaired) electrons. The average molecular weight is 211 g/mol. The van der Waals surface area contributed by atoms with Gasteiger partial charge in [0.15, 0.2) is 0 Å². The minimum atomic E-state index is -0.467. The molecule has 1 aromatic heterocycles. The number of aromatic nitrogens is 3. The van der Waals surface area contributed by atoms with Crippen molar-refractivity contribution in [2.24, 2.45) is 0 Å². The van der Waals surface area contributed by atoms with Gasteiger partial charge in [-0.3, -0.25) is 14.7 Å². The topological polar surface area (TPSA) is 99.8 Å². The van der Waals surface area contributed by atoms with E-state index in [1.54, 1.807) is 13.8 Å². The molecule has 1 aromatic rings. The first kappa shape index (κ1) is 11.2. The molecule has 0 aliphatic carbocycles. The van der Waals surface area contributed by atoms with Crippen LogP contribution < -0.4 is 10.6 Å². The van der Waals surface area contributed by atoms with E-state index in [0.717, 1.165) is 0 Å². The van der Waals surface area contributed by atoms with Crippen LogP contribution in [0.4, 0.5) is 0 Å². The Morgan fingerprint density at radius 3 is 2.67 bits per heavy atom.